The first-order chi connectivity index (χ1) is 13.2. The molecule has 1 saturated carbocycles. The number of alkyl halides is 1. The van der Waals surface area contributed by atoms with E-state index in [9.17, 15) is 17.6 Å². The molecule has 0 spiro atoms. The minimum atomic E-state index is -3.31. The Labute approximate surface area is 162 Å². The molecule has 1 unspecified atom stereocenters. The third kappa shape index (κ3) is 5.13. The van der Waals surface area contributed by atoms with Crippen molar-refractivity contribution in [1.82, 2.24) is 15.3 Å². The van der Waals surface area contributed by atoms with Crippen LogP contribution in [0, 0.1) is 0 Å². The van der Waals surface area contributed by atoms with Crippen LogP contribution in [-0.2, 0) is 15.5 Å². The predicted octanol–water partition coefficient (Wildman–Crippen LogP) is 2.90. The van der Waals surface area contributed by atoms with E-state index < -0.39 is 27.5 Å². The maximum atomic E-state index is 14.4. The average Bonchev–Trinajstić information content (AvgIpc) is 3.39. The summed E-state index contributed by atoms with van der Waals surface area (Å²) in [6.45, 7) is 1.62. The van der Waals surface area contributed by atoms with E-state index in [1.165, 1.54) is 12.3 Å². The molecule has 1 heterocycles. The number of nitrogens with one attached hydrogen (secondary N) is 1. The standard InChI is InChI=1S/C19H20FN3O4S/c1-13(8-11-28(2,25)26)22-16(24)15-12-21-18(19(20)9-10-19)23-17(15)27-14-6-4-3-5-7-14/h3-8,11-13H,9-10H2,1-2H3,(H,22,24)/b11-8+. The van der Waals surface area contributed by atoms with Crippen LogP contribution >= 0.6 is 0 Å². The first kappa shape index (κ1) is 19.9. The number of ether oxygens (including phenoxy) is 1. The average molecular weight is 405 g/mol. The number of hydrogen-bond acceptors (Lipinski definition) is 6. The Morgan fingerprint density at radius 1 is 1.32 bits per heavy atom. The van der Waals surface area contributed by atoms with Gasteiger partial charge in [0.15, 0.2) is 21.3 Å². The highest BCUT2D eigenvalue weighted by Crippen LogP contribution is 2.48. The number of para-hydroxylation sites is 1. The summed E-state index contributed by atoms with van der Waals surface area (Å²) in [6, 6.07) is 8.12. The van der Waals surface area contributed by atoms with Gasteiger partial charge in [-0.15, -0.1) is 0 Å². The maximum Gasteiger partial charge on any atom is 0.258 e. The summed E-state index contributed by atoms with van der Waals surface area (Å²) < 4.78 is 42.5. The van der Waals surface area contributed by atoms with Crippen molar-refractivity contribution in [3.8, 4) is 11.6 Å². The van der Waals surface area contributed by atoms with Crippen molar-refractivity contribution in [1.29, 1.82) is 0 Å². The minimum Gasteiger partial charge on any atom is -0.438 e. The fourth-order valence-electron chi connectivity index (χ4n) is 2.34. The van der Waals surface area contributed by atoms with Gasteiger partial charge in [0, 0.05) is 23.9 Å². The van der Waals surface area contributed by atoms with Gasteiger partial charge >= 0.3 is 0 Å². The van der Waals surface area contributed by atoms with Crippen molar-refractivity contribution in [2.75, 3.05) is 6.26 Å². The Kier molecular flexibility index (Phi) is 5.46. The number of sulfone groups is 1. The Hall–Kier alpha value is -2.81. The molecule has 1 fully saturated rings. The molecule has 1 atom stereocenters. The van der Waals surface area contributed by atoms with Crippen LogP contribution in [0.25, 0.3) is 0 Å². The van der Waals surface area contributed by atoms with Gasteiger partial charge in [-0.3, -0.25) is 4.79 Å². The molecule has 2 aromatic rings. The SMILES string of the molecule is CC(/C=C/S(C)(=O)=O)NC(=O)c1cnc(C2(F)CC2)nc1Oc1ccccc1. The number of benzene rings is 1. The smallest absolute Gasteiger partial charge is 0.258 e. The lowest BCUT2D eigenvalue weighted by atomic mass is 10.2. The molecule has 1 aliphatic carbocycles. The summed E-state index contributed by atoms with van der Waals surface area (Å²) in [5, 5.41) is 3.64. The molecule has 3 rings (SSSR count). The molecule has 1 aromatic carbocycles. The topological polar surface area (TPSA) is 98.2 Å². The van der Waals surface area contributed by atoms with E-state index in [2.05, 4.69) is 15.3 Å². The zero-order valence-electron chi connectivity index (χ0n) is 15.4. The largest absolute Gasteiger partial charge is 0.438 e. The molecule has 9 heteroatoms. The Morgan fingerprint density at radius 3 is 2.61 bits per heavy atom. The monoisotopic (exact) mass is 405 g/mol. The van der Waals surface area contributed by atoms with E-state index in [0.717, 1.165) is 11.7 Å². The van der Waals surface area contributed by atoms with Crippen LogP contribution in [0.5, 0.6) is 11.6 Å². The van der Waals surface area contributed by atoms with Gasteiger partial charge in [-0.1, -0.05) is 24.3 Å². The van der Waals surface area contributed by atoms with E-state index in [-0.39, 0.29) is 17.3 Å². The number of hydrogen-bond donors (Lipinski definition) is 1. The lowest BCUT2D eigenvalue weighted by Gasteiger charge is -2.14. The first-order valence-electron chi connectivity index (χ1n) is 8.65. The summed E-state index contributed by atoms with van der Waals surface area (Å²) in [7, 11) is -3.31. The number of aromatic nitrogens is 2. The van der Waals surface area contributed by atoms with Gasteiger partial charge in [-0.2, -0.15) is 4.98 Å². The number of carbonyl (C=O) groups is 1. The van der Waals surface area contributed by atoms with E-state index in [1.807, 2.05) is 6.07 Å². The molecule has 148 valence electrons. The molecule has 1 amide bonds. The third-order valence-corrected chi connectivity index (χ3v) is 4.67. The molecule has 0 radical (unpaired) electrons. The number of rotatable bonds is 7. The lowest BCUT2D eigenvalue weighted by molar-refractivity contribution is 0.0943. The fraction of sp³-hybridized carbons (Fsp3) is 0.316. The van der Waals surface area contributed by atoms with Crippen LogP contribution in [0.15, 0.2) is 48.0 Å². The molecule has 0 aliphatic heterocycles. The van der Waals surface area contributed by atoms with Crippen molar-refractivity contribution in [3.05, 3.63) is 59.4 Å². The number of halogens is 1. The molecular weight excluding hydrogens is 385 g/mol. The maximum absolute atomic E-state index is 14.4. The van der Waals surface area contributed by atoms with Crippen LogP contribution in [-0.4, -0.2) is 36.6 Å². The summed E-state index contributed by atoms with van der Waals surface area (Å²) in [6.07, 6.45) is 4.29. The second kappa shape index (κ2) is 7.67. The molecule has 1 N–H and O–H groups in total. The summed E-state index contributed by atoms with van der Waals surface area (Å²) in [4.78, 5) is 20.7. The van der Waals surface area contributed by atoms with E-state index in [4.69, 9.17) is 4.74 Å². The highest BCUT2D eigenvalue weighted by atomic mass is 32.2. The van der Waals surface area contributed by atoms with Crippen molar-refractivity contribution >= 4 is 15.7 Å². The van der Waals surface area contributed by atoms with Gasteiger partial charge in [0.25, 0.3) is 5.91 Å². The normalized spacial score (nSPS) is 16.5. The highest BCUT2D eigenvalue weighted by molar-refractivity contribution is 7.93. The number of nitrogens with zero attached hydrogens (tertiary/aromatic N) is 2. The highest BCUT2D eigenvalue weighted by Gasteiger charge is 2.48. The van der Waals surface area contributed by atoms with Gasteiger partial charge in [-0.25, -0.2) is 17.8 Å². The predicted molar refractivity (Wildman–Crippen MR) is 101 cm³/mol. The van der Waals surface area contributed by atoms with Crippen LogP contribution in [0.1, 0.15) is 35.9 Å². The molecule has 1 aromatic heterocycles. The van der Waals surface area contributed by atoms with Crippen LogP contribution < -0.4 is 10.1 Å². The van der Waals surface area contributed by atoms with Crippen LogP contribution in [0.4, 0.5) is 4.39 Å². The summed E-state index contributed by atoms with van der Waals surface area (Å²) in [5.41, 5.74) is -1.55. The summed E-state index contributed by atoms with van der Waals surface area (Å²) >= 11 is 0. The van der Waals surface area contributed by atoms with Crippen LogP contribution in [0.2, 0.25) is 0 Å². The summed E-state index contributed by atoms with van der Waals surface area (Å²) in [5.74, 6) is -0.196. The number of carbonyl (C=O) groups excluding carboxylic acids is 1. The Bertz CT molecular complexity index is 1010. The van der Waals surface area contributed by atoms with Crippen molar-refractivity contribution in [3.63, 3.8) is 0 Å². The lowest BCUT2D eigenvalue weighted by Crippen LogP contribution is -2.32. The molecule has 28 heavy (non-hydrogen) atoms. The fourth-order valence-corrected chi connectivity index (χ4v) is 2.86. The van der Waals surface area contributed by atoms with Gasteiger partial charge in [0.05, 0.1) is 0 Å². The third-order valence-electron chi connectivity index (χ3n) is 4.02. The van der Waals surface area contributed by atoms with Gasteiger partial charge in [0.1, 0.15) is 11.3 Å². The van der Waals surface area contributed by atoms with E-state index in [1.54, 1.807) is 31.2 Å². The van der Waals surface area contributed by atoms with Crippen molar-refractivity contribution in [2.45, 2.75) is 31.5 Å². The van der Waals surface area contributed by atoms with Gasteiger partial charge in [-0.05, 0) is 31.9 Å². The zero-order valence-corrected chi connectivity index (χ0v) is 16.2. The van der Waals surface area contributed by atoms with Crippen LogP contribution in [0.3, 0.4) is 0 Å². The molecule has 7 nitrogen and oxygen atoms in total. The molecule has 0 bridgehead atoms. The second-order valence-electron chi connectivity index (χ2n) is 6.71. The second-order valence-corrected chi connectivity index (χ2v) is 8.64. The first-order valence-corrected chi connectivity index (χ1v) is 10.6. The van der Waals surface area contributed by atoms with Crippen molar-refractivity contribution in [2.24, 2.45) is 0 Å². The Balaban J connectivity index is 1.86. The van der Waals surface area contributed by atoms with E-state index >= 15 is 0 Å². The minimum absolute atomic E-state index is 0.0139. The molecule has 1 aliphatic rings. The van der Waals surface area contributed by atoms with Gasteiger partial charge < -0.3 is 10.1 Å². The molecular formula is C19H20FN3O4S. The van der Waals surface area contributed by atoms with E-state index in [0.29, 0.717) is 18.6 Å². The quantitative estimate of drug-likeness (QED) is 0.761. The number of amides is 1. The molecule has 0 saturated heterocycles. The van der Waals surface area contributed by atoms with Gasteiger partial charge in [0.2, 0.25) is 5.88 Å². The zero-order chi connectivity index (χ0) is 20.4. The van der Waals surface area contributed by atoms with Crippen molar-refractivity contribution < 1.29 is 22.3 Å². The Morgan fingerprint density at radius 2 is 2.00 bits per heavy atom.